The third kappa shape index (κ3) is 23.5. The number of carbonyl (C=O) groups is 2. The molecular formula is C33H66N2O5. The highest BCUT2D eigenvalue weighted by Crippen LogP contribution is 2.17. The number of aliphatic hydroxyl groups excluding tert-OH is 1. The summed E-state index contributed by atoms with van der Waals surface area (Å²) in [7, 11) is 0. The van der Waals surface area contributed by atoms with Crippen LogP contribution in [0.25, 0.3) is 0 Å². The molecule has 2 N–H and O–H groups in total. The molecule has 7 heteroatoms. The number of unbranched alkanes of at least 4 members (excludes halogenated alkanes) is 7. The first kappa shape index (κ1) is 38.8. The zero-order valence-electron chi connectivity index (χ0n) is 26.9. The highest BCUT2D eigenvalue weighted by molar-refractivity contribution is 5.69. The first-order chi connectivity index (χ1) is 19.5. The van der Waals surface area contributed by atoms with Gasteiger partial charge in [-0.3, -0.25) is 14.5 Å². The summed E-state index contributed by atoms with van der Waals surface area (Å²) in [6, 6.07) is 0.507. The van der Waals surface area contributed by atoms with Gasteiger partial charge in [0.15, 0.2) is 0 Å². The number of nitrogens with zero attached hydrogens (tertiary/aromatic N) is 1. The molecule has 0 saturated carbocycles. The van der Waals surface area contributed by atoms with Crippen LogP contribution < -0.4 is 5.32 Å². The Hall–Kier alpha value is -1.18. The van der Waals surface area contributed by atoms with Gasteiger partial charge in [0.25, 0.3) is 0 Å². The Morgan fingerprint density at radius 3 is 2.08 bits per heavy atom. The molecule has 0 saturated heterocycles. The SMILES string of the molecule is CCCCCC(=O)OCCCCCC(CCCC)N(CCO)CCCNCCCCCC(=O)OC(CC)CCC. The fourth-order valence-electron chi connectivity index (χ4n) is 5.13. The summed E-state index contributed by atoms with van der Waals surface area (Å²) in [6.07, 6.45) is 19.2. The van der Waals surface area contributed by atoms with Crippen LogP contribution in [0.4, 0.5) is 0 Å². The number of esters is 2. The van der Waals surface area contributed by atoms with Crippen molar-refractivity contribution in [1.29, 1.82) is 0 Å². The average Bonchev–Trinajstić information content (AvgIpc) is 2.94. The zero-order valence-corrected chi connectivity index (χ0v) is 26.9. The first-order valence-corrected chi connectivity index (χ1v) is 16.9. The molecule has 0 fully saturated rings. The van der Waals surface area contributed by atoms with Gasteiger partial charge in [0.05, 0.1) is 13.2 Å². The minimum atomic E-state index is -0.0513. The normalized spacial score (nSPS) is 12.9. The van der Waals surface area contributed by atoms with Crippen LogP contribution in [0.1, 0.15) is 150 Å². The lowest BCUT2D eigenvalue weighted by Gasteiger charge is -2.31. The van der Waals surface area contributed by atoms with Gasteiger partial charge in [-0.25, -0.2) is 0 Å². The summed E-state index contributed by atoms with van der Waals surface area (Å²) in [6.45, 7) is 13.0. The fraction of sp³-hybridized carbons (Fsp3) is 0.939. The van der Waals surface area contributed by atoms with Crippen LogP contribution in [-0.2, 0) is 19.1 Å². The number of rotatable bonds is 30. The predicted octanol–water partition coefficient (Wildman–Crippen LogP) is 7.19. The molecule has 0 radical (unpaired) electrons. The van der Waals surface area contributed by atoms with Crippen LogP contribution in [0.5, 0.6) is 0 Å². The number of carbonyl (C=O) groups excluding carboxylic acids is 2. The van der Waals surface area contributed by atoms with E-state index >= 15 is 0 Å². The predicted molar refractivity (Wildman–Crippen MR) is 167 cm³/mol. The van der Waals surface area contributed by atoms with E-state index in [1.807, 2.05) is 0 Å². The monoisotopic (exact) mass is 570 g/mol. The fourth-order valence-corrected chi connectivity index (χ4v) is 5.13. The minimum Gasteiger partial charge on any atom is -0.466 e. The van der Waals surface area contributed by atoms with Gasteiger partial charge in [-0.05, 0) is 77.4 Å². The van der Waals surface area contributed by atoms with Gasteiger partial charge in [0.2, 0.25) is 0 Å². The van der Waals surface area contributed by atoms with Crippen LogP contribution >= 0.6 is 0 Å². The highest BCUT2D eigenvalue weighted by atomic mass is 16.5. The topological polar surface area (TPSA) is 88.1 Å². The summed E-state index contributed by atoms with van der Waals surface area (Å²) >= 11 is 0. The van der Waals surface area contributed by atoms with Gasteiger partial charge in [-0.2, -0.15) is 0 Å². The largest absolute Gasteiger partial charge is 0.466 e. The number of hydrogen-bond acceptors (Lipinski definition) is 7. The molecule has 0 aromatic carbocycles. The molecule has 2 unspecified atom stereocenters. The molecule has 40 heavy (non-hydrogen) atoms. The molecule has 0 aromatic heterocycles. The van der Waals surface area contributed by atoms with E-state index in [0.29, 0.717) is 25.5 Å². The van der Waals surface area contributed by atoms with Crippen molar-refractivity contribution in [2.75, 3.05) is 39.4 Å². The summed E-state index contributed by atoms with van der Waals surface area (Å²) in [5.74, 6) is -0.0966. The molecule has 7 nitrogen and oxygen atoms in total. The van der Waals surface area contributed by atoms with Gasteiger partial charge >= 0.3 is 11.9 Å². The van der Waals surface area contributed by atoms with Crippen molar-refractivity contribution in [2.45, 2.75) is 162 Å². The zero-order chi connectivity index (χ0) is 29.7. The number of nitrogens with one attached hydrogen (secondary N) is 1. The van der Waals surface area contributed by atoms with Crippen LogP contribution in [0.15, 0.2) is 0 Å². The van der Waals surface area contributed by atoms with Crippen LogP contribution in [-0.4, -0.2) is 73.5 Å². The average molecular weight is 571 g/mol. The summed E-state index contributed by atoms with van der Waals surface area (Å²) < 4.78 is 10.9. The molecule has 0 heterocycles. The third-order valence-corrected chi connectivity index (χ3v) is 7.62. The minimum absolute atomic E-state index is 0.0453. The van der Waals surface area contributed by atoms with Crippen molar-refractivity contribution in [1.82, 2.24) is 10.2 Å². The molecule has 0 spiro atoms. The molecule has 0 aromatic rings. The van der Waals surface area contributed by atoms with E-state index in [1.54, 1.807) is 0 Å². The maximum absolute atomic E-state index is 12.0. The Kier molecular flexibility index (Phi) is 28.5. The van der Waals surface area contributed by atoms with E-state index in [0.717, 1.165) is 116 Å². The summed E-state index contributed by atoms with van der Waals surface area (Å²) in [5.41, 5.74) is 0. The quantitative estimate of drug-likeness (QED) is 0.0698. The van der Waals surface area contributed by atoms with Gasteiger partial charge in [-0.15, -0.1) is 0 Å². The van der Waals surface area contributed by atoms with E-state index in [1.165, 1.54) is 19.3 Å². The van der Waals surface area contributed by atoms with Crippen LogP contribution in [0, 0.1) is 0 Å². The lowest BCUT2D eigenvalue weighted by atomic mass is 10.0. The molecule has 0 aliphatic carbocycles. The van der Waals surface area contributed by atoms with Crippen LogP contribution in [0.3, 0.4) is 0 Å². The third-order valence-electron chi connectivity index (χ3n) is 7.62. The molecule has 0 amide bonds. The van der Waals surface area contributed by atoms with Gasteiger partial charge in [0.1, 0.15) is 6.10 Å². The Bertz CT molecular complexity index is 575. The molecule has 238 valence electrons. The maximum atomic E-state index is 12.0. The summed E-state index contributed by atoms with van der Waals surface area (Å²) in [5, 5.41) is 13.3. The van der Waals surface area contributed by atoms with Crippen molar-refractivity contribution >= 4 is 11.9 Å². The van der Waals surface area contributed by atoms with Crippen molar-refractivity contribution in [2.24, 2.45) is 0 Å². The lowest BCUT2D eigenvalue weighted by molar-refractivity contribution is -0.149. The highest BCUT2D eigenvalue weighted by Gasteiger charge is 2.17. The number of ether oxygens (including phenoxy) is 2. The van der Waals surface area contributed by atoms with Crippen molar-refractivity contribution < 1.29 is 24.2 Å². The first-order valence-electron chi connectivity index (χ1n) is 16.9. The van der Waals surface area contributed by atoms with Crippen molar-refractivity contribution in [3.8, 4) is 0 Å². The Morgan fingerprint density at radius 2 is 1.38 bits per heavy atom. The van der Waals surface area contributed by atoms with Crippen LogP contribution in [0.2, 0.25) is 0 Å². The Labute approximate surface area is 247 Å². The van der Waals surface area contributed by atoms with E-state index in [-0.39, 0.29) is 24.6 Å². The van der Waals surface area contributed by atoms with E-state index < -0.39 is 0 Å². The second-order valence-corrected chi connectivity index (χ2v) is 11.3. The molecule has 0 aliphatic heterocycles. The van der Waals surface area contributed by atoms with E-state index in [2.05, 4.69) is 37.9 Å². The van der Waals surface area contributed by atoms with E-state index in [9.17, 15) is 14.7 Å². The second kappa shape index (κ2) is 29.3. The molecule has 0 aliphatic rings. The molecule has 0 rings (SSSR count). The van der Waals surface area contributed by atoms with Crippen molar-refractivity contribution in [3.63, 3.8) is 0 Å². The lowest BCUT2D eigenvalue weighted by Crippen LogP contribution is -2.39. The maximum Gasteiger partial charge on any atom is 0.306 e. The molecular weight excluding hydrogens is 504 g/mol. The van der Waals surface area contributed by atoms with Gasteiger partial charge < -0.3 is 19.9 Å². The Balaban J connectivity index is 4.12. The summed E-state index contributed by atoms with van der Waals surface area (Å²) in [4.78, 5) is 26.2. The standard InChI is InChI=1S/C33H66N2O5/c1-5-9-13-22-32(37)39-29-17-12-14-21-30(20-10-6-2)35(27-28-36)26-18-25-34-24-16-11-15-23-33(38)40-31(8-4)19-7-3/h30-31,34,36H,5-29H2,1-4H3. The van der Waals surface area contributed by atoms with E-state index in [4.69, 9.17) is 9.47 Å². The molecule has 2 atom stereocenters. The second-order valence-electron chi connectivity index (χ2n) is 11.3. The molecule has 0 bridgehead atoms. The number of aliphatic hydroxyl groups is 1. The Morgan fingerprint density at radius 1 is 0.700 bits per heavy atom. The smallest absolute Gasteiger partial charge is 0.306 e. The van der Waals surface area contributed by atoms with Crippen molar-refractivity contribution in [3.05, 3.63) is 0 Å². The number of hydrogen-bond donors (Lipinski definition) is 2. The van der Waals surface area contributed by atoms with Gasteiger partial charge in [0, 0.05) is 25.4 Å². The van der Waals surface area contributed by atoms with Gasteiger partial charge in [-0.1, -0.05) is 79.1 Å².